The van der Waals surface area contributed by atoms with E-state index >= 15 is 0 Å². The van der Waals surface area contributed by atoms with Gasteiger partial charge in [0.15, 0.2) is 0 Å². The Hall–Kier alpha value is -3.64. The predicted octanol–water partition coefficient (Wildman–Crippen LogP) is 3.39. The lowest BCUT2D eigenvalue weighted by Crippen LogP contribution is -2.25. The normalized spacial score (nSPS) is 10.2. The van der Waals surface area contributed by atoms with E-state index in [2.05, 4.69) is 22.7 Å². The first-order chi connectivity index (χ1) is 13.2. The van der Waals surface area contributed by atoms with Gasteiger partial charge in [-0.15, -0.1) is 0 Å². The number of rotatable bonds is 8. The molecule has 0 saturated heterocycles. The van der Waals surface area contributed by atoms with E-state index in [0.717, 1.165) is 16.8 Å². The first kappa shape index (κ1) is 19.7. The lowest BCUT2D eigenvalue weighted by atomic mass is 10.1. The molecule has 2 rings (SSSR count). The van der Waals surface area contributed by atoms with E-state index < -0.39 is 0 Å². The van der Waals surface area contributed by atoms with Crippen LogP contribution in [-0.2, 0) is 0 Å². The third-order valence-electron chi connectivity index (χ3n) is 4.01. The molecule has 0 unspecified atom stereocenters. The second-order valence-electron chi connectivity index (χ2n) is 5.91. The van der Waals surface area contributed by atoms with E-state index in [1.807, 2.05) is 36.1 Å². The summed E-state index contributed by atoms with van der Waals surface area (Å²) >= 11 is 0. The van der Waals surface area contributed by atoms with Crippen LogP contribution in [0.3, 0.4) is 0 Å². The molecule has 136 valence electrons. The van der Waals surface area contributed by atoms with E-state index in [4.69, 9.17) is 10.5 Å². The average Bonchev–Trinajstić information content (AvgIpc) is 2.70. The smallest absolute Gasteiger partial charge is 0.271 e. The summed E-state index contributed by atoms with van der Waals surface area (Å²) in [5.41, 5.74) is 5.90. The molecule has 0 aliphatic heterocycles. The minimum absolute atomic E-state index is 0.264. The Bertz CT molecular complexity index is 860. The zero-order chi connectivity index (χ0) is 19.5. The van der Waals surface area contributed by atoms with Gasteiger partial charge in [0.1, 0.15) is 0 Å². The van der Waals surface area contributed by atoms with Gasteiger partial charge in [-0.2, -0.15) is 15.6 Å². The molecule has 6 nitrogen and oxygen atoms in total. The van der Waals surface area contributed by atoms with Crippen LogP contribution in [0.4, 0.5) is 5.69 Å². The van der Waals surface area contributed by atoms with Crippen molar-refractivity contribution in [1.82, 2.24) is 5.43 Å². The molecule has 0 aliphatic rings. The number of nitrogens with one attached hydrogen (secondary N) is 1. The molecule has 0 spiro atoms. The van der Waals surface area contributed by atoms with Gasteiger partial charge in [-0.1, -0.05) is 24.3 Å². The molecule has 2 aromatic rings. The summed E-state index contributed by atoms with van der Waals surface area (Å²) in [6, 6.07) is 19.0. The second-order valence-corrected chi connectivity index (χ2v) is 5.91. The van der Waals surface area contributed by atoms with Crippen LogP contribution in [-0.4, -0.2) is 25.2 Å². The molecule has 1 amide bonds. The van der Waals surface area contributed by atoms with Crippen molar-refractivity contribution < 1.29 is 4.79 Å². The van der Waals surface area contributed by atoms with Crippen LogP contribution in [0.5, 0.6) is 0 Å². The summed E-state index contributed by atoms with van der Waals surface area (Å²) in [6.45, 7) is 3.12. The third-order valence-corrected chi connectivity index (χ3v) is 4.01. The quantitative estimate of drug-likeness (QED) is 0.577. The third kappa shape index (κ3) is 5.98. The Balaban J connectivity index is 2.05. The van der Waals surface area contributed by atoms with Gasteiger partial charge in [-0.3, -0.25) is 4.79 Å². The number of hydrogen-bond acceptors (Lipinski definition) is 5. The number of carbonyl (C=O) groups is 1. The molecular weight excluding hydrogens is 338 g/mol. The van der Waals surface area contributed by atoms with Gasteiger partial charge in [0, 0.05) is 24.3 Å². The van der Waals surface area contributed by atoms with Gasteiger partial charge in [-0.05, 0) is 42.3 Å². The summed E-state index contributed by atoms with van der Waals surface area (Å²) < 4.78 is 0. The number of hydrazone groups is 1. The highest BCUT2D eigenvalue weighted by atomic mass is 16.2. The summed E-state index contributed by atoms with van der Waals surface area (Å²) in [5.74, 6) is -0.264. The standard InChI is InChI=1S/C21H21N5O/c1-17-15-20(26(13-5-11-22)14-6-12-23)10-9-19(17)16-24-25-21(27)18-7-3-2-4-8-18/h2-4,7-10,15-16H,5-6,13-14H2,1H3,(H,25,27). The van der Waals surface area contributed by atoms with Crippen molar-refractivity contribution >= 4 is 17.8 Å². The number of anilines is 1. The molecular formula is C21H21N5O. The monoisotopic (exact) mass is 359 g/mol. The molecule has 1 N–H and O–H groups in total. The zero-order valence-electron chi connectivity index (χ0n) is 15.2. The fourth-order valence-corrected chi connectivity index (χ4v) is 2.56. The number of carbonyl (C=O) groups excluding carboxylic acids is 1. The maximum Gasteiger partial charge on any atom is 0.271 e. The molecule has 0 bridgehead atoms. The van der Waals surface area contributed by atoms with Crippen molar-refractivity contribution in [3.63, 3.8) is 0 Å². The van der Waals surface area contributed by atoms with E-state index in [9.17, 15) is 4.79 Å². The Labute approximate surface area is 159 Å². The van der Waals surface area contributed by atoms with Gasteiger partial charge in [0.2, 0.25) is 0 Å². The molecule has 0 heterocycles. The van der Waals surface area contributed by atoms with Crippen LogP contribution in [0.15, 0.2) is 53.6 Å². The van der Waals surface area contributed by atoms with E-state index in [-0.39, 0.29) is 5.91 Å². The molecule has 0 radical (unpaired) electrons. The molecule has 2 aromatic carbocycles. The van der Waals surface area contributed by atoms with Crippen LogP contribution in [0, 0.1) is 29.6 Å². The average molecular weight is 359 g/mol. The highest BCUT2D eigenvalue weighted by molar-refractivity contribution is 5.95. The molecule has 0 saturated carbocycles. The Morgan fingerprint density at radius 1 is 1.11 bits per heavy atom. The van der Waals surface area contributed by atoms with Gasteiger partial charge in [-0.25, -0.2) is 5.43 Å². The van der Waals surface area contributed by atoms with Crippen molar-refractivity contribution in [2.45, 2.75) is 19.8 Å². The molecule has 6 heteroatoms. The van der Waals surface area contributed by atoms with E-state index in [1.165, 1.54) is 0 Å². The van der Waals surface area contributed by atoms with Crippen LogP contribution in [0.25, 0.3) is 0 Å². The number of nitrogens with zero attached hydrogens (tertiary/aromatic N) is 4. The summed E-state index contributed by atoms with van der Waals surface area (Å²) in [5, 5.41) is 21.7. The summed E-state index contributed by atoms with van der Waals surface area (Å²) in [4.78, 5) is 14.0. The van der Waals surface area contributed by atoms with Crippen LogP contribution in [0.1, 0.15) is 34.3 Å². The van der Waals surface area contributed by atoms with Crippen molar-refractivity contribution in [3.8, 4) is 12.1 Å². The van der Waals surface area contributed by atoms with Crippen LogP contribution < -0.4 is 10.3 Å². The Kier molecular flexibility index (Phi) is 7.56. The molecule has 0 atom stereocenters. The first-order valence-corrected chi connectivity index (χ1v) is 8.63. The van der Waals surface area contributed by atoms with Crippen LogP contribution >= 0.6 is 0 Å². The zero-order valence-corrected chi connectivity index (χ0v) is 15.2. The Morgan fingerprint density at radius 2 is 1.78 bits per heavy atom. The maximum atomic E-state index is 12.0. The van der Waals surface area contributed by atoms with Gasteiger partial charge in [0.05, 0.1) is 31.2 Å². The number of hydrogen-bond donors (Lipinski definition) is 1. The van der Waals surface area contributed by atoms with E-state index in [0.29, 0.717) is 31.5 Å². The molecule has 0 aliphatic carbocycles. The van der Waals surface area contributed by atoms with Gasteiger partial charge in [0.25, 0.3) is 5.91 Å². The number of aryl methyl sites for hydroxylation is 1. The molecule has 27 heavy (non-hydrogen) atoms. The minimum Gasteiger partial charge on any atom is -0.369 e. The van der Waals surface area contributed by atoms with Crippen LogP contribution in [0.2, 0.25) is 0 Å². The Morgan fingerprint density at radius 3 is 2.37 bits per heavy atom. The molecule has 0 fully saturated rings. The summed E-state index contributed by atoms with van der Waals surface area (Å²) in [6.07, 6.45) is 2.41. The van der Waals surface area contributed by atoms with Gasteiger partial charge < -0.3 is 4.90 Å². The SMILES string of the molecule is Cc1cc(N(CCC#N)CCC#N)ccc1C=NNC(=O)c1ccccc1. The lowest BCUT2D eigenvalue weighted by molar-refractivity contribution is 0.0955. The van der Waals surface area contributed by atoms with Gasteiger partial charge >= 0.3 is 0 Å². The van der Waals surface area contributed by atoms with Crippen molar-refractivity contribution in [2.24, 2.45) is 5.10 Å². The van der Waals surface area contributed by atoms with E-state index in [1.54, 1.807) is 30.5 Å². The highest BCUT2D eigenvalue weighted by Gasteiger charge is 2.08. The lowest BCUT2D eigenvalue weighted by Gasteiger charge is -2.23. The molecule has 0 aromatic heterocycles. The van der Waals surface area contributed by atoms with Crippen molar-refractivity contribution in [2.75, 3.05) is 18.0 Å². The second kappa shape index (κ2) is 10.4. The summed E-state index contributed by atoms with van der Waals surface area (Å²) in [7, 11) is 0. The predicted molar refractivity (Wildman–Crippen MR) is 105 cm³/mol. The van der Waals surface area contributed by atoms with Crippen molar-refractivity contribution in [3.05, 3.63) is 65.2 Å². The largest absolute Gasteiger partial charge is 0.369 e. The minimum atomic E-state index is -0.264. The fraction of sp³-hybridized carbons (Fsp3) is 0.238. The van der Waals surface area contributed by atoms with Crippen molar-refractivity contribution in [1.29, 1.82) is 10.5 Å². The number of benzene rings is 2. The fourth-order valence-electron chi connectivity index (χ4n) is 2.56. The highest BCUT2D eigenvalue weighted by Crippen LogP contribution is 2.19. The maximum absolute atomic E-state index is 12.0. The number of nitriles is 2. The first-order valence-electron chi connectivity index (χ1n) is 8.63. The topological polar surface area (TPSA) is 92.3 Å². The number of amides is 1.